The van der Waals surface area contributed by atoms with E-state index in [4.69, 9.17) is 4.74 Å². The lowest BCUT2D eigenvalue weighted by molar-refractivity contribution is -0.154. The molecule has 13 heavy (non-hydrogen) atoms. The van der Waals surface area contributed by atoms with E-state index in [9.17, 15) is 9.59 Å². The van der Waals surface area contributed by atoms with Gasteiger partial charge < -0.3 is 4.74 Å². The molecule has 0 saturated carbocycles. The second-order valence-corrected chi connectivity index (χ2v) is 3.83. The molecule has 3 heteroatoms. The fourth-order valence-corrected chi connectivity index (χ4v) is 0.627. The van der Waals surface area contributed by atoms with Crippen molar-refractivity contribution in [2.24, 2.45) is 5.41 Å². The van der Waals surface area contributed by atoms with E-state index in [2.05, 4.69) is 0 Å². The number of ether oxygens (including phenoxy) is 1. The monoisotopic (exact) mass is 186 g/mol. The van der Waals surface area contributed by atoms with Crippen molar-refractivity contribution in [2.45, 2.75) is 40.5 Å². The van der Waals surface area contributed by atoms with E-state index in [0.29, 0.717) is 6.42 Å². The van der Waals surface area contributed by atoms with Crippen LogP contribution in [-0.2, 0) is 14.3 Å². The van der Waals surface area contributed by atoms with Gasteiger partial charge in [0.25, 0.3) is 0 Å². The molecule has 0 saturated heterocycles. The van der Waals surface area contributed by atoms with Gasteiger partial charge in [-0.1, -0.05) is 6.92 Å². The van der Waals surface area contributed by atoms with Crippen LogP contribution in [0, 0.1) is 5.41 Å². The lowest BCUT2D eigenvalue weighted by Crippen LogP contribution is -2.26. The van der Waals surface area contributed by atoms with Crippen LogP contribution in [0.15, 0.2) is 0 Å². The molecule has 3 nitrogen and oxygen atoms in total. The molecule has 0 aromatic carbocycles. The number of hydrogen-bond acceptors (Lipinski definition) is 3. The number of carbonyl (C=O) groups is 2. The first-order valence-electron chi connectivity index (χ1n) is 4.57. The Labute approximate surface area is 79.5 Å². The van der Waals surface area contributed by atoms with Crippen LogP contribution in [0.5, 0.6) is 0 Å². The van der Waals surface area contributed by atoms with Gasteiger partial charge in [0.2, 0.25) is 0 Å². The van der Waals surface area contributed by atoms with Crippen molar-refractivity contribution < 1.29 is 14.3 Å². The smallest absolute Gasteiger partial charge is 0.311 e. The van der Waals surface area contributed by atoms with Crippen LogP contribution in [0.3, 0.4) is 0 Å². The summed E-state index contributed by atoms with van der Waals surface area (Å²) in [6.45, 7) is 7.30. The summed E-state index contributed by atoms with van der Waals surface area (Å²) in [5, 5.41) is 0. The molecule has 0 amide bonds. The SMILES string of the molecule is CCC(C)(C)C(=O)OCCC(C)=O. The molecular formula is C10H18O3. The van der Waals surface area contributed by atoms with E-state index in [1.165, 1.54) is 6.92 Å². The fourth-order valence-electron chi connectivity index (χ4n) is 0.627. The van der Waals surface area contributed by atoms with E-state index in [1.807, 2.05) is 20.8 Å². The van der Waals surface area contributed by atoms with E-state index in [0.717, 1.165) is 6.42 Å². The molecule has 0 spiro atoms. The van der Waals surface area contributed by atoms with Crippen LogP contribution in [-0.4, -0.2) is 18.4 Å². The molecule has 0 unspecified atom stereocenters. The highest BCUT2D eigenvalue weighted by Crippen LogP contribution is 2.21. The average Bonchev–Trinajstić information content (AvgIpc) is 2.03. The molecule has 0 aliphatic rings. The van der Waals surface area contributed by atoms with Gasteiger partial charge in [-0.05, 0) is 27.2 Å². The van der Waals surface area contributed by atoms with Gasteiger partial charge in [0.05, 0.1) is 12.0 Å². The second kappa shape index (κ2) is 5.00. The molecule has 0 aromatic heterocycles. The lowest BCUT2D eigenvalue weighted by atomic mass is 9.91. The van der Waals surface area contributed by atoms with Gasteiger partial charge >= 0.3 is 5.97 Å². The maximum Gasteiger partial charge on any atom is 0.311 e. The summed E-state index contributed by atoms with van der Waals surface area (Å²) in [7, 11) is 0. The molecule has 0 aliphatic carbocycles. The molecule has 0 rings (SSSR count). The van der Waals surface area contributed by atoms with Gasteiger partial charge in [0.1, 0.15) is 5.78 Å². The molecule has 0 aromatic rings. The fraction of sp³-hybridized carbons (Fsp3) is 0.800. The molecule has 0 N–H and O–H groups in total. The molecule has 76 valence electrons. The van der Waals surface area contributed by atoms with Crippen molar-refractivity contribution in [1.29, 1.82) is 0 Å². The van der Waals surface area contributed by atoms with Crippen LogP contribution >= 0.6 is 0 Å². The quantitative estimate of drug-likeness (QED) is 0.616. The number of hydrogen-bond donors (Lipinski definition) is 0. The zero-order chi connectivity index (χ0) is 10.5. The van der Waals surface area contributed by atoms with E-state index in [1.54, 1.807) is 0 Å². The van der Waals surface area contributed by atoms with Crippen molar-refractivity contribution in [1.82, 2.24) is 0 Å². The third-order valence-electron chi connectivity index (χ3n) is 2.12. The number of ketones is 1. The van der Waals surface area contributed by atoms with Crippen LogP contribution in [0.2, 0.25) is 0 Å². The molecule has 0 radical (unpaired) electrons. The van der Waals surface area contributed by atoms with Crippen molar-refractivity contribution >= 4 is 11.8 Å². The summed E-state index contributed by atoms with van der Waals surface area (Å²) >= 11 is 0. The highest BCUT2D eigenvalue weighted by molar-refractivity contribution is 5.77. The van der Waals surface area contributed by atoms with Crippen molar-refractivity contribution in [2.75, 3.05) is 6.61 Å². The standard InChI is InChI=1S/C10H18O3/c1-5-10(3,4)9(12)13-7-6-8(2)11/h5-7H2,1-4H3. The molecule has 0 bridgehead atoms. The van der Waals surface area contributed by atoms with Crippen molar-refractivity contribution in [3.63, 3.8) is 0 Å². The van der Waals surface area contributed by atoms with E-state index < -0.39 is 5.41 Å². The number of carbonyl (C=O) groups excluding carboxylic acids is 2. The summed E-state index contributed by atoms with van der Waals surface area (Å²) in [6, 6.07) is 0. The third-order valence-corrected chi connectivity index (χ3v) is 2.12. The summed E-state index contributed by atoms with van der Waals surface area (Å²) in [6.07, 6.45) is 1.05. The Morgan fingerprint density at radius 3 is 2.23 bits per heavy atom. The van der Waals surface area contributed by atoms with Gasteiger partial charge in [0, 0.05) is 6.42 Å². The Kier molecular flexibility index (Phi) is 4.67. The predicted octanol–water partition coefficient (Wildman–Crippen LogP) is 1.94. The largest absolute Gasteiger partial charge is 0.465 e. The third kappa shape index (κ3) is 4.65. The predicted molar refractivity (Wildman–Crippen MR) is 50.3 cm³/mol. The highest BCUT2D eigenvalue weighted by Gasteiger charge is 2.26. The molecule has 0 aliphatic heterocycles. The average molecular weight is 186 g/mol. The van der Waals surface area contributed by atoms with Crippen LogP contribution < -0.4 is 0 Å². The number of Topliss-reactive ketones (excluding diaryl/α,β-unsaturated/α-hetero) is 1. The molecular weight excluding hydrogens is 168 g/mol. The maximum atomic E-state index is 11.3. The minimum absolute atomic E-state index is 0.0436. The van der Waals surface area contributed by atoms with E-state index in [-0.39, 0.29) is 18.4 Å². The van der Waals surface area contributed by atoms with Gasteiger partial charge in [0.15, 0.2) is 0 Å². The number of esters is 1. The molecule has 0 atom stereocenters. The van der Waals surface area contributed by atoms with Gasteiger partial charge in [-0.15, -0.1) is 0 Å². The lowest BCUT2D eigenvalue weighted by Gasteiger charge is -2.19. The summed E-state index contributed by atoms with van der Waals surface area (Å²) in [5.41, 5.74) is -0.434. The Morgan fingerprint density at radius 2 is 1.85 bits per heavy atom. The zero-order valence-electron chi connectivity index (χ0n) is 8.85. The first kappa shape index (κ1) is 12.1. The van der Waals surface area contributed by atoms with E-state index >= 15 is 0 Å². The van der Waals surface area contributed by atoms with Crippen LogP contribution in [0.25, 0.3) is 0 Å². The Balaban J connectivity index is 3.81. The zero-order valence-corrected chi connectivity index (χ0v) is 8.85. The van der Waals surface area contributed by atoms with Gasteiger partial charge in [-0.2, -0.15) is 0 Å². The van der Waals surface area contributed by atoms with Crippen LogP contribution in [0.1, 0.15) is 40.5 Å². The second-order valence-electron chi connectivity index (χ2n) is 3.83. The Hall–Kier alpha value is -0.860. The molecule has 0 heterocycles. The summed E-state index contributed by atoms with van der Waals surface area (Å²) in [5.74, 6) is -0.182. The van der Waals surface area contributed by atoms with Gasteiger partial charge in [-0.25, -0.2) is 0 Å². The first-order valence-corrected chi connectivity index (χ1v) is 4.57. The number of rotatable bonds is 5. The normalized spacial score (nSPS) is 11.1. The highest BCUT2D eigenvalue weighted by atomic mass is 16.5. The Bertz CT molecular complexity index is 194. The van der Waals surface area contributed by atoms with Crippen molar-refractivity contribution in [3.8, 4) is 0 Å². The van der Waals surface area contributed by atoms with Gasteiger partial charge in [-0.3, -0.25) is 9.59 Å². The molecule has 0 fully saturated rings. The maximum absolute atomic E-state index is 11.3. The Morgan fingerprint density at radius 1 is 1.31 bits per heavy atom. The topological polar surface area (TPSA) is 43.4 Å². The minimum Gasteiger partial charge on any atom is -0.465 e. The summed E-state index contributed by atoms with van der Waals surface area (Å²) in [4.78, 5) is 21.9. The van der Waals surface area contributed by atoms with Crippen LogP contribution in [0.4, 0.5) is 0 Å². The first-order chi connectivity index (χ1) is 5.90. The van der Waals surface area contributed by atoms with Crippen molar-refractivity contribution in [3.05, 3.63) is 0 Å². The summed E-state index contributed by atoms with van der Waals surface area (Å²) < 4.78 is 4.95. The minimum atomic E-state index is -0.434.